The van der Waals surface area contributed by atoms with E-state index in [4.69, 9.17) is 11.6 Å². The van der Waals surface area contributed by atoms with Crippen LogP contribution in [0, 0.1) is 5.92 Å². The van der Waals surface area contributed by atoms with Crippen LogP contribution in [-0.4, -0.2) is 29.6 Å². The number of halogens is 1. The van der Waals surface area contributed by atoms with Gasteiger partial charge in [0.15, 0.2) is 0 Å². The summed E-state index contributed by atoms with van der Waals surface area (Å²) in [5.74, 6) is 0.790. The van der Waals surface area contributed by atoms with Crippen molar-refractivity contribution in [2.75, 3.05) is 19.6 Å². The number of hydrogen-bond acceptors (Lipinski definition) is 4. The van der Waals surface area contributed by atoms with Gasteiger partial charge in [0, 0.05) is 12.7 Å². The van der Waals surface area contributed by atoms with Crippen LogP contribution in [0.2, 0.25) is 5.28 Å². The highest BCUT2D eigenvalue weighted by Gasteiger charge is 2.11. The first-order valence-electron chi connectivity index (χ1n) is 5.73. The molecule has 0 saturated carbocycles. The van der Waals surface area contributed by atoms with Gasteiger partial charge in [-0.05, 0) is 56.1 Å². The Morgan fingerprint density at radius 1 is 1.44 bits per heavy atom. The number of nitrogens with one attached hydrogen (secondary N) is 2. The fraction of sp³-hybridized carbons (Fsp3) is 0.636. The SMILES string of the molecule is Clc1nccc(CNCC2CCNCC2)n1. The summed E-state index contributed by atoms with van der Waals surface area (Å²) in [5.41, 5.74) is 0.953. The lowest BCUT2D eigenvalue weighted by Gasteiger charge is -2.22. The maximum Gasteiger partial charge on any atom is 0.222 e. The molecule has 0 spiro atoms. The van der Waals surface area contributed by atoms with Crippen LogP contribution in [0.4, 0.5) is 0 Å². The molecule has 5 heteroatoms. The Kier molecular flexibility index (Phi) is 4.51. The van der Waals surface area contributed by atoms with Gasteiger partial charge in [-0.1, -0.05) is 0 Å². The van der Waals surface area contributed by atoms with E-state index < -0.39 is 0 Å². The summed E-state index contributed by atoms with van der Waals surface area (Å²) in [6.07, 6.45) is 4.21. The Morgan fingerprint density at radius 3 is 3.00 bits per heavy atom. The third-order valence-electron chi connectivity index (χ3n) is 2.88. The van der Waals surface area contributed by atoms with Crippen LogP contribution >= 0.6 is 11.6 Å². The molecule has 1 aliphatic heterocycles. The van der Waals surface area contributed by atoms with Crippen LogP contribution < -0.4 is 10.6 Å². The summed E-state index contributed by atoms with van der Waals surface area (Å²) < 4.78 is 0. The number of rotatable bonds is 4. The van der Waals surface area contributed by atoms with Crippen molar-refractivity contribution < 1.29 is 0 Å². The van der Waals surface area contributed by atoms with E-state index in [1.165, 1.54) is 12.8 Å². The van der Waals surface area contributed by atoms with E-state index in [1.807, 2.05) is 6.07 Å². The molecular formula is C11H17ClN4. The van der Waals surface area contributed by atoms with Crippen LogP contribution in [0.1, 0.15) is 18.5 Å². The summed E-state index contributed by atoms with van der Waals surface area (Å²) in [6, 6.07) is 1.89. The van der Waals surface area contributed by atoms with Gasteiger partial charge in [0.2, 0.25) is 5.28 Å². The summed E-state index contributed by atoms with van der Waals surface area (Å²) in [4.78, 5) is 7.99. The molecule has 0 amide bonds. The van der Waals surface area contributed by atoms with Gasteiger partial charge in [-0.25, -0.2) is 9.97 Å². The molecule has 16 heavy (non-hydrogen) atoms. The quantitative estimate of drug-likeness (QED) is 0.777. The van der Waals surface area contributed by atoms with E-state index in [0.717, 1.165) is 37.8 Å². The van der Waals surface area contributed by atoms with Crippen molar-refractivity contribution in [2.45, 2.75) is 19.4 Å². The molecule has 4 nitrogen and oxygen atoms in total. The van der Waals surface area contributed by atoms with Gasteiger partial charge in [-0.15, -0.1) is 0 Å². The number of aromatic nitrogens is 2. The number of piperidine rings is 1. The third-order valence-corrected chi connectivity index (χ3v) is 3.06. The van der Waals surface area contributed by atoms with Crippen molar-refractivity contribution in [1.29, 1.82) is 0 Å². The fourth-order valence-corrected chi connectivity index (χ4v) is 2.12. The summed E-state index contributed by atoms with van der Waals surface area (Å²) in [6.45, 7) is 4.12. The maximum absolute atomic E-state index is 5.71. The first-order valence-corrected chi connectivity index (χ1v) is 6.11. The van der Waals surface area contributed by atoms with E-state index in [9.17, 15) is 0 Å². The third kappa shape index (κ3) is 3.70. The molecule has 0 radical (unpaired) electrons. The molecule has 1 fully saturated rings. The molecule has 2 N–H and O–H groups in total. The molecule has 0 atom stereocenters. The van der Waals surface area contributed by atoms with Crippen LogP contribution in [0.5, 0.6) is 0 Å². The van der Waals surface area contributed by atoms with Crippen molar-refractivity contribution in [3.63, 3.8) is 0 Å². The van der Waals surface area contributed by atoms with E-state index in [0.29, 0.717) is 5.28 Å². The monoisotopic (exact) mass is 240 g/mol. The highest BCUT2D eigenvalue weighted by atomic mass is 35.5. The lowest BCUT2D eigenvalue weighted by molar-refractivity contribution is 0.356. The second-order valence-corrected chi connectivity index (χ2v) is 4.48. The van der Waals surface area contributed by atoms with Crippen LogP contribution in [-0.2, 0) is 6.54 Å². The minimum atomic E-state index is 0.321. The van der Waals surface area contributed by atoms with E-state index in [2.05, 4.69) is 20.6 Å². The fourth-order valence-electron chi connectivity index (χ4n) is 1.96. The molecule has 0 bridgehead atoms. The zero-order valence-corrected chi connectivity index (χ0v) is 10.0. The van der Waals surface area contributed by atoms with E-state index >= 15 is 0 Å². The zero-order valence-electron chi connectivity index (χ0n) is 9.25. The Labute approximate surface area is 101 Å². The zero-order chi connectivity index (χ0) is 11.2. The Bertz CT molecular complexity index is 326. The van der Waals surface area contributed by atoms with Gasteiger partial charge < -0.3 is 10.6 Å². The molecule has 1 aliphatic rings. The maximum atomic E-state index is 5.71. The second-order valence-electron chi connectivity index (χ2n) is 4.14. The Balaban J connectivity index is 1.71. The molecule has 88 valence electrons. The van der Waals surface area contributed by atoms with Crippen LogP contribution in [0.25, 0.3) is 0 Å². The molecule has 1 saturated heterocycles. The molecule has 0 aromatic carbocycles. The van der Waals surface area contributed by atoms with Crippen LogP contribution in [0.15, 0.2) is 12.3 Å². The first kappa shape index (κ1) is 11.8. The smallest absolute Gasteiger partial charge is 0.222 e. The van der Waals surface area contributed by atoms with Gasteiger partial charge >= 0.3 is 0 Å². The second kappa shape index (κ2) is 6.13. The minimum absolute atomic E-state index is 0.321. The average molecular weight is 241 g/mol. The summed E-state index contributed by atoms with van der Waals surface area (Å²) in [5, 5.41) is 7.11. The predicted molar refractivity (Wildman–Crippen MR) is 64.3 cm³/mol. The summed E-state index contributed by atoms with van der Waals surface area (Å²) >= 11 is 5.71. The van der Waals surface area contributed by atoms with Gasteiger partial charge in [0.05, 0.1) is 5.69 Å². The van der Waals surface area contributed by atoms with E-state index in [-0.39, 0.29) is 0 Å². The topological polar surface area (TPSA) is 49.8 Å². The number of hydrogen-bond donors (Lipinski definition) is 2. The normalized spacial score (nSPS) is 17.6. The highest BCUT2D eigenvalue weighted by Crippen LogP contribution is 2.10. The van der Waals surface area contributed by atoms with Crippen molar-refractivity contribution >= 4 is 11.6 Å². The lowest BCUT2D eigenvalue weighted by atomic mass is 9.98. The van der Waals surface area contributed by atoms with Gasteiger partial charge in [-0.2, -0.15) is 0 Å². The molecule has 2 rings (SSSR count). The highest BCUT2D eigenvalue weighted by molar-refractivity contribution is 6.28. The Hall–Kier alpha value is -0.710. The van der Waals surface area contributed by atoms with E-state index in [1.54, 1.807) is 6.20 Å². The minimum Gasteiger partial charge on any atom is -0.317 e. The van der Waals surface area contributed by atoms with Crippen LogP contribution in [0.3, 0.4) is 0 Å². The molecule has 1 aromatic rings. The molecule has 2 heterocycles. The molecule has 1 aromatic heterocycles. The molecular weight excluding hydrogens is 224 g/mol. The lowest BCUT2D eigenvalue weighted by Crippen LogP contribution is -2.33. The number of nitrogens with zero attached hydrogens (tertiary/aromatic N) is 2. The Morgan fingerprint density at radius 2 is 2.25 bits per heavy atom. The average Bonchev–Trinajstić information content (AvgIpc) is 2.30. The van der Waals surface area contributed by atoms with Crippen molar-refractivity contribution in [1.82, 2.24) is 20.6 Å². The first-order chi connectivity index (χ1) is 7.84. The molecule has 0 unspecified atom stereocenters. The molecule has 0 aliphatic carbocycles. The largest absolute Gasteiger partial charge is 0.317 e. The predicted octanol–water partition coefficient (Wildman–Crippen LogP) is 1.22. The van der Waals surface area contributed by atoms with Gasteiger partial charge in [-0.3, -0.25) is 0 Å². The van der Waals surface area contributed by atoms with Gasteiger partial charge in [0.1, 0.15) is 0 Å². The summed E-state index contributed by atoms with van der Waals surface area (Å²) in [7, 11) is 0. The van der Waals surface area contributed by atoms with Crippen molar-refractivity contribution in [3.8, 4) is 0 Å². The van der Waals surface area contributed by atoms with Gasteiger partial charge in [0.25, 0.3) is 0 Å². The van der Waals surface area contributed by atoms with Crippen molar-refractivity contribution in [3.05, 3.63) is 23.2 Å². The van der Waals surface area contributed by atoms with Crippen molar-refractivity contribution in [2.24, 2.45) is 5.92 Å². The standard InChI is InChI=1S/C11H17ClN4/c12-11-15-6-3-10(16-11)8-14-7-9-1-4-13-5-2-9/h3,6,9,13-14H,1-2,4-5,7-8H2.